The maximum absolute atomic E-state index is 12.5. The quantitative estimate of drug-likeness (QED) is 0.811. The van der Waals surface area contributed by atoms with Gasteiger partial charge in [0, 0.05) is 19.0 Å². The smallest absolute Gasteiger partial charge is 0.223 e. The Kier molecular flexibility index (Phi) is 6.04. The van der Waals surface area contributed by atoms with Crippen molar-refractivity contribution in [2.75, 3.05) is 14.2 Å². The summed E-state index contributed by atoms with van der Waals surface area (Å²) in [6, 6.07) is 5.68. The van der Waals surface area contributed by atoms with Crippen molar-refractivity contribution in [2.45, 2.75) is 38.8 Å². The number of rotatable bonds is 7. The summed E-state index contributed by atoms with van der Waals surface area (Å²) in [5.41, 5.74) is 0.989. The van der Waals surface area contributed by atoms with Gasteiger partial charge < -0.3 is 14.8 Å². The highest BCUT2D eigenvalue weighted by Crippen LogP contribution is 2.30. The highest BCUT2D eigenvalue weighted by atomic mass is 16.5. The van der Waals surface area contributed by atoms with Crippen LogP contribution in [0.5, 0.6) is 11.5 Å². The van der Waals surface area contributed by atoms with Gasteiger partial charge in [-0.2, -0.15) is 0 Å². The van der Waals surface area contributed by atoms with Gasteiger partial charge in [-0.15, -0.1) is 5.10 Å². The average Bonchev–Trinajstić information content (AvgIpc) is 3.19. The van der Waals surface area contributed by atoms with Crippen LogP contribution in [0.4, 0.5) is 0 Å². The molecule has 0 aliphatic heterocycles. The highest BCUT2D eigenvalue weighted by molar-refractivity contribution is 5.78. The third-order valence-electron chi connectivity index (χ3n) is 4.97. The van der Waals surface area contributed by atoms with Crippen LogP contribution in [0.2, 0.25) is 0 Å². The molecule has 1 aliphatic rings. The summed E-state index contributed by atoms with van der Waals surface area (Å²) in [4.78, 5) is 12.5. The lowest BCUT2D eigenvalue weighted by molar-refractivity contribution is -0.126. The van der Waals surface area contributed by atoms with Gasteiger partial charge in [0.1, 0.15) is 6.33 Å². The van der Waals surface area contributed by atoms with Crippen molar-refractivity contribution >= 4 is 5.91 Å². The van der Waals surface area contributed by atoms with Crippen molar-refractivity contribution in [1.29, 1.82) is 0 Å². The van der Waals surface area contributed by atoms with E-state index in [1.807, 2.05) is 18.2 Å². The van der Waals surface area contributed by atoms with Gasteiger partial charge in [-0.3, -0.25) is 4.79 Å². The Bertz CT molecular complexity index is 712. The normalized spacial score (nSPS) is 19.8. The second-order valence-electron chi connectivity index (χ2n) is 6.66. The Labute approximate surface area is 152 Å². The highest BCUT2D eigenvalue weighted by Gasteiger charge is 2.26. The van der Waals surface area contributed by atoms with Crippen molar-refractivity contribution < 1.29 is 14.3 Å². The Morgan fingerprint density at radius 3 is 2.62 bits per heavy atom. The summed E-state index contributed by atoms with van der Waals surface area (Å²) >= 11 is 0. The minimum absolute atomic E-state index is 0.0836. The number of methoxy groups -OCH3 is 2. The Hall–Kier alpha value is -2.64. The van der Waals surface area contributed by atoms with Crippen molar-refractivity contribution in [3.05, 3.63) is 30.1 Å². The van der Waals surface area contributed by atoms with Gasteiger partial charge in [-0.05, 0) is 59.7 Å². The van der Waals surface area contributed by atoms with Gasteiger partial charge in [0.05, 0.1) is 14.2 Å². The Morgan fingerprint density at radius 2 is 1.96 bits per heavy atom. The number of hydrogen-bond donors (Lipinski definition) is 1. The molecule has 2 aromatic rings. The second kappa shape index (κ2) is 8.64. The van der Waals surface area contributed by atoms with E-state index in [2.05, 4.69) is 20.8 Å². The van der Waals surface area contributed by atoms with E-state index in [0.29, 0.717) is 24.0 Å². The molecule has 1 fully saturated rings. The molecule has 1 aliphatic carbocycles. The van der Waals surface area contributed by atoms with Gasteiger partial charge in [0.15, 0.2) is 11.5 Å². The fourth-order valence-corrected chi connectivity index (χ4v) is 3.46. The minimum Gasteiger partial charge on any atom is -0.493 e. The topological polar surface area (TPSA) is 91.2 Å². The van der Waals surface area contributed by atoms with Gasteiger partial charge in [0.2, 0.25) is 5.91 Å². The van der Waals surface area contributed by atoms with Crippen LogP contribution in [0.1, 0.15) is 31.2 Å². The number of aromatic nitrogens is 4. The molecule has 1 amide bonds. The third kappa shape index (κ3) is 4.50. The molecule has 0 unspecified atom stereocenters. The predicted molar refractivity (Wildman–Crippen MR) is 94.7 cm³/mol. The molecule has 0 spiro atoms. The van der Waals surface area contributed by atoms with Crippen molar-refractivity contribution in [3.8, 4) is 11.5 Å². The fourth-order valence-electron chi connectivity index (χ4n) is 3.46. The summed E-state index contributed by atoms with van der Waals surface area (Å²) in [5, 5.41) is 14.3. The second-order valence-corrected chi connectivity index (χ2v) is 6.66. The summed E-state index contributed by atoms with van der Waals surface area (Å²) in [6.45, 7) is 1.32. The van der Waals surface area contributed by atoms with Crippen LogP contribution in [0.25, 0.3) is 0 Å². The van der Waals surface area contributed by atoms with E-state index >= 15 is 0 Å². The van der Waals surface area contributed by atoms with Crippen LogP contribution < -0.4 is 14.8 Å². The molecule has 0 saturated heterocycles. The van der Waals surface area contributed by atoms with Crippen LogP contribution in [0.15, 0.2) is 24.5 Å². The molecule has 1 heterocycles. The van der Waals surface area contributed by atoms with Crippen LogP contribution in [-0.2, 0) is 17.9 Å². The third-order valence-corrected chi connectivity index (χ3v) is 4.97. The van der Waals surface area contributed by atoms with E-state index in [1.54, 1.807) is 25.2 Å². The molecule has 3 rings (SSSR count). The number of nitrogens with one attached hydrogen (secondary N) is 1. The van der Waals surface area contributed by atoms with E-state index in [4.69, 9.17) is 9.47 Å². The minimum atomic E-state index is 0.0836. The fraction of sp³-hybridized carbons (Fsp3) is 0.556. The molecule has 0 radical (unpaired) electrons. The first-order valence-corrected chi connectivity index (χ1v) is 8.89. The molecule has 1 N–H and O–H groups in total. The molecule has 8 nitrogen and oxygen atoms in total. The largest absolute Gasteiger partial charge is 0.493 e. The van der Waals surface area contributed by atoms with E-state index in [-0.39, 0.29) is 11.8 Å². The van der Waals surface area contributed by atoms with Crippen LogP contribution in [0.3, 0.4) is 0 Å². The van der Waals surface area contributed by atoms with Gasteiger partial charge in [-0.1, -0.05) is 6.07 Å². The summed E-state index contributed by atoms with van der Waals surface area (Å²) in [5.74, 6) is 2.10. The first-order chi connectivity index (χ1) is 12.7. The molecular formula is C18H25N5O3. The molecule has 1 saturated carbocycles. The number of carbonyl (C=O) groups excluding carboxylic acids is 1. The van der Waals surface area contributed by atoms with E-state index in [0.717, 1.165) is 37.8 Å². The lowest BCUT2D eigenvalue weighted by Crippen LogP contribution is -2.33. The van der Waals surface area contributed by atoms with E-state index < -0.39 is 0 Å². The maximum atomic E-state index is 12.5. The van der Waals surface area contributed by atoms with Crippen LogP contribution in [0, 0.1) is 11.8 Å². The lowest BCUT2D eigenvalue weighted by Gasteiger charge is -2.27. The standard InChI is InChI=1S/C18H25N5O3/c1-25-16-8-5-14(9-17(16)26-2)10-19-18(24)15-6-3-13(4-7-15)11-23-12-20-21-22-23/h5,8-9,12-13,15H,3-4,6-7,10-11H2,1-2H3,(H,19,24). The maximum Gasteiger partial charge on any atom is 0.223 e. The zero-order chi connectivity index (χ0) is 18.4. The number of hydrogen-bond acceptors (Lipinski definition) is 6. The summed E-state index contributed by atoms with van der Waals surface area (Å²) in [7, 11) is 3.21. The zero-order valence-electron chi connectivity index (χ0n) is 15.2. The SMILES string of the molecule is COc1ccc(CNC(=O)C2CCC(Cn3cnnn3)CC2)cc1OC. The first-order valence-electron chi connectivity index (χ1n) is 8.89. The molecule has 1 aromatic carbocycles. The van der Waals surface area contributed by atoms with Crippen molar-refractivity contribution in [3.63, 3.8) is 0 Å². The number of benzene rings is 1. The van der Waals surface area contributed by atoms with Crippen molar-refractivity contribution in [1.82, 2.24) is 25.5 Å². The number of carbonyl (C=O) groups is 1. The van der Waals surface area contributed by atoms with Crippen LogP contribution >= 0.6 is 0 Å². The lowest BCUT2D eigenvalue weighted by atomic mass is 9.81. The van der Waals surface area contributed by atoms with E-state index in [9.17, 15) is 4.79 Å². The van der Waals surface area contributed by atoms with E-state index in [1.165, 1.54) is 0 Å². The zero-order valence-corrected chi connectivity index (χ0v) is 15.2. The summed E-state index contributed by atoms with van der Waals surface area (Å²) < 4.78 is 12.3. The number of amides is 1. The van der Waals surface area contributed by atoms with Gasteiger partial charge in [0.25, 0.3) is 0 Å². The van der Waals surface area contributed by atoms with Gasteiger partial charge in [-0.25, -0.2) is 4.68 Å². The monoisotopic (exact) mass is 359 g/mol. The van der Waals surface area contributed by atoms with Crippen molar-refractivity contribution in [2.24, 2.45) is 11.8 Å². The molecule has 0 atom stereocenters. The predicted octanol–water partition coefficient (Wildman–Crippen LogP) is 1.81. The molecular weight excluding hydrogens is 334 g/mol. The number of tetrazole rings is 1. The first kappa shape index (κ1) is 18.2. The molecule has 8 heteroatoms. The Balaban J connectivity index is 1.46. The summed E-state index contributed by atoms with van der Waals surface area (Å²) in [6.07, 6.45) is 5.50. The molecule has 1 aromatic heterocycles. The van der Waals surface area contributed by atoms with Crippen LogP contribution in [-0.4, -0.2) is 40.3 Å². The number of ether oxygens (including phenoxy) is 2. The number of nitrogens with zero attached hydrogens (tertiary/aromatic N) is 4. The molecule has 140 valence electrons. The van der Waals surface area contributed by atoms with Gasteiger partial charge >= 0.3 is 0 Å². The molecule has 0 bridgehead atoms. The Morgan fingerprint density at radius 1 is 1.19 bits per heavy atom. The molecule has 26 heavy (non-hydrogen) atoms. The average molecular weight is 359 g/mol.